The number of hydrogen-bond acceptors (Lipinski definition) is 8. The lowest BCUT2D eigenvalue weighted by Gasteiger charge is -2.23. The van der Waals surface area contributed by atoms with Crippen LogP contribution in [0.4, 0.5) is 5.69 Å². The summed E-state index contributed by atoms with van der Waals surface area (Å²) in [7, 11) is 6.76. The number of anilines is 1. The normalized spacial score (nSPS) is 17.7. The van der Waals surface area contributed by atoms with Crippen molar-refractivity contribution < 1.29 is 25.9 Å². The van der Waals surface area contributed by atoms with Crippen LogP contribution in [0.2, 0.25) is 0 Å². The van der Waals surface area contributed by atoms with Gasteiger partial charge in [-0.1, -0.05) is 23.1 Å². The second-order valence-corrected chi connectivity index (χ2v) is 19.0. The van der Waals surface area contributed by atoms with Crippen molar-refractivity contribution in [2.45, 2.75) is 34.5 Å². The minimum absolute atomic E-state index is 0.274. The number of quaternary nitrogens is 1. The van der Waals surface area contributed by atoms with Crippen molar-refractivity contribution in [3.05, 3.63) is 69.2 Å². The Bertz CT molecular complexity index is 2010. The first kappa shape index (κ1) is 35.7. The maximum absolute atomic E-state index is 13.0. The van der Waals surface area contributed by atoms with Crippen LogP contribution in [0.15, 0.2) is 78.9 Å². The molecule has 1 aromatic heterocycles. The number of nitrogens with one attached hydrogen (secondary N) is 2. The fourth-order valence-corrected chi connectivity index (χ4v) is 10.0. The van der Waals surface area contributed by atoms with Crippen LogP contribution in [-0.2, 0) is 27.1 Å². The van der Waals surface area contributed by atoms with Crippen molar-refractivity contribution >= 4 is 65.1 Å². The van der Waals surface area contributed by atoms with E-state index in [0.717, 1.165) is 43.7 Å². The van der Waals surface area contributed by atoms with Crippen molar-refractivity contribution in [2.24, 2.45) is 7.05 Å². The lowest BCUT2D eigenvalue weighted by atomic mass is 10.1. The summed E-state index contributed by atoms with van der Waals surface area (Å²) >= 11 is 3.18. The number of rotatable bonds is 12. The van der Waals surface area contributed by atoms with E-state index < -0.39 is 20.0 Å². The molecule has 14 heteroatoms. The summed E-state index contributed by atoms with van der Waals surface area (Å²) in [6.07, 6.45) is 6.27. The van der Waals surface area contributed by atoms with Gasteiger partial charge in [0.25, 0.3) is 5.01 Å². The summed E-state index contributed by atoms with van der Waals surface area (Å²) in [6.45, 7) is 4.21. The quantitative estimate of drug-likeness (QED) is 0.215. The monoisotopic (exact) mass is 718 g/mol. The molecule has 2 N–H and O–H groups in total. The Hall–Kier alpha value is -2.56. The van der Waals surface area contributed by atoms with Crippen molar-refractivity contribution in [1.29, 1.82) is 0 Å². The molecule has 0 atom stereocenters. The molecule has 0 fully saturated rings. The molecule has 2 heterocycles. The Balaban J connectivity index is 1.34. The number of thioether (sulfide) groups is 1. The van der Waals surface area contributed by atoms with Crippen molar-refractivity contribution in [3.63, 3.8) is 0 Å². The molecule has 2 aromatic carbocycles. The molecule has 0 saturated carbocycles. The third kappa shape index (κ3) is 8.19. The van der Waals surface area contributed by atoms with Gasteiger partial charge in [0.2, 0.25) is 25.6 Å². The highest BCUT2D eigenvalue weighted by Crippen LogP contribution is 2.47. The lowest BCUT2D eigenvalue weighted by Crippen LogP contribution is -2.41. The first-order chi connectivity index (χ1) is 21.9. The second-order valence-electron chi connectivity index (χ2n) is 13.3. The van der Waals surface area contributed by atoms with Crippen LogP contribution >= 0.6 is 23.1 Å². The summed E-state index contributed by atoms with van der Waals surface area (Å²) in [5, 5.41) is 2.12. The Morgan fingerprint density at radius 2 is 1.62 bits per heavy atom. The van der Waals surface area contributed by atoms with Crippen LogP contribution in [0.3, 0.4) is 0 Å². The van der Waals surface area contributed by atoms with Gasteiger partial charge in [-0.05, 0) is 87.0 Å². The highest BCUT2D eigenvalue weighted by molar-refractivity contribution is 8.03. The molecule has 254 valence electrons. The number of fused-ring (bicyclic) bond motifs is 2. The molecule has 1 aliphatic heterocycles. The van der Waals surface area contributed by atoms with Crippen molar-refractivity contribution in [1.82, 2.24) is 14.3 Å². The SMILES string of the molecule is CC1=C(/C=C2\Sc3cc(S(=O)(=O)NCC[N+](C)(C)C)ccc3N2C)CC/C1=C\c1sc2cc(S(=O)(=O)NCCN(C)C)ccc2[n+]1C. The fourth-order valence-electron chi connectivity index (χ4n) is 5.49. The highest BCUT2D eigenvalue weighted by Gasteiger charge is 2.27. The van der Waals surface area contributed by atoms with E-state index in [4.69, 9.17) is 0 Å². The number of sulfonamides is 2. The molecule has 0 unspecified atom stereocenters. The third-order valence-electron chi connectivity index (χ3n) is 8.44. The van der Waals surface area contributed by atoms with Crippen LogP contribution in [0.25, 0.3) is 16.3 Å². The Morgan fingerprint density at radius 3 is 2.30 bits per heavy atom. The fraction of sp³-hybridized carbons (Fsp3) is 0.424. The topological polar surface area (TPSA) is 103 Å². The van der Waals surface area contributed by atoms with Gasteiger partial charge in [0, 0.05) is 37.2 Å². The number of likely N-dealkylation sites (N-methyl/N-ethyl adjacent to an activating group) is 2. The Labute approximate surface area is 288 Å². The molecule has 0 spiro atoms. The van der Waals surface area contributed by atoms with Crippen molar-refractivity contribution in [2.75, 3.05) is 73.4 Å². The van der Waals surface area contributed by atoms with Crippen LogP contribution in [0.1, 0.15) is 24.8 Å². The molecule has 2 aliphatic rings. The Morgan fingerprint density at radius 1 is 0.957 bits per heavy atom. The van der Waals surface area contributed by atoms with E-state index in [1.54, 1.807) is 47.4 Å². The van der Waals surface area contributed by atoms with Gasteiger partial charge >= 0.3 is 0 Å². The number of aromatic nitrogens is 1. The number of benzene rings is 2. The van der Waals surface area contributed by atoms with Gasteiger partial charge in [0.05, 0.1) is 54.7 Å². The van der Waals surface area contributed by atoms with Crippen molar-refractivity contribution in [3.8, 4) is 0 Å². The van der Waals surface area contributed by atoms with E-state index in [1.807, 2.05) is 66.4 Å². The molecule has 47 heavy (non-hydrogen) atoms. The van der Waals surface area contributed by atoms with E-state index in [0.29, 0.717) is 30.7 Å². The minimum Gasteiger partial charge on any atom is -0.338 e. The van der Waals surface area contributed by atoms with Gasteiger partial charge in [-0.2, -0.15) is 4.57 Å². The van der Waals surface area contributed by atoms with Gasteiger partial charge in [-0.3, -0.25) is 0 Å². The molecule has 0 amide bonds. The summed E-state index contributed by atoms with van der Waals surface area (Å²) in [4.78, 5) is 5.54. The third-order valence-corrected chi connectivity index (χ3v) is 13.7. The Kier molecular flexibility index (Phi) is 10.5. The summed E-state index contributed by atoms with van der Waals surface area (Å²) in [6, 6.07) is 10.6. The van der Waals surface area contributed by atoms with Crippen LogP contribution in [0.5, 0.6) is 0 Å². The molecule has 0 saturated heterocycles. The van der Waals surface area contributed by atoms with Gasteiger partial charge in [-0.15, -0.1) is 0 Å². The molecular weight excluding hydrogens is 673 g/mol. The largest absolute Gasteiger partial charge is 0.338 e. The number of thiazole rings is 1. The van der Waals surface area contributed by atoms with E-state index >= 15 is 0 Å². The molecule has 0 radical (unpaired) electrons. The lowest BCUT2D eigenvalue weighted by molar-refractivity contribution is -0.869. The predicted molar refractivity (Wildman–Crippen MR) is 194 cm³/mol. The molecule has 1 aliphatic carbocycles. The maximum atomic E-state index is 13.0. The minimum atomic E-state index is -3.60. The van der Waals surface area contributed by atoms with Gasteiger partial charge in [0.1, 0.15) is 11.7 Å². The number of hydrogen-bond donors (Lipinski definition) is 2. The smallest absolute Gasteiger partial charge is 0.262 e. The van der Waals surface area contributed by atoms with E-state index in [1.165, 1.54) is 16.7 Å². The van der Waals surface area contributed by atoms with Gasteiger partial charge < -0.3 is 14.3 Å². The second kappa shape index (κ2) is 13.7. The zero-order valence-corrected chi connectivity index (χ0v) is 31.7. The molecule has 0 bridgehead atoms. The summed E-state index contributed by atoms with van der Waals surface area (Å²) in [5.74, 6) is 0. The molecule has 5 rings (SSSR count). The molecular formula is C33H46N6O4S4+2. The van der Waals surface area contributed by atoms with E-state index in [2.05, 4.69) is 38.0 Å². The van der Waals surface area contributed by atoms with E-state index in [9.17, 15) is 16.8 Å². The van der Waals surface area contributed by atoms with E-state index in [-0.39, 0.29) is 9.79 Å². The average molecular weight is 719 g/mol. The zero-order valence-electron chi connectivity index (χ0n) is 28.4. The van der Waals surface area contributed by atoms with Gasteiger partial charge in [-0.25, -0.2) is 26.3 Å². The van der Waals surface area contributed by atoms with Crippen LogP contribution in [0, 0.1) is 0 Å². The van der Waals surface area contributed by atoms with Crippen LogP contribution in [-0.4, -0.2) is 94.7 Å². The number of aryl methyl sites for hydroxylation is 1. The zero-order chi connectivity index (χ0) is 34.3. The molecule has 10 nitrogen and oxygen atoms in total. The predicted octanol–water partition coefficient (Wildman–Crippen LogP) is 4.13. The van der Waals surface area contributed by atoms with Crippen LogP contribution < -0.4 is 18.9 Å². The first-order valence-electron chi connectivity index (χ1n) is 15.5. The first-order valence-corrected chi connectivity index (χ1v) is 20.1. The summed E-state index contributed by atoms with van der Waals surface area (Å²) in [5.41, 5.74) is 5.73. The molecule has 3 aromatic rings. The average Bonchev–Trinajstić information content (AvgIpc) is 3.60. The maximum Gasteiger partial charge on any atom is 0.262 e. The highest BCUT2D eigenvalue weighted by atomic mass is 32.2. The number of nitrogens with zero attached hydrogens (tertiary/aromatic N) is 4. The standard InChI is InChI=1S/C33H46N6O4S4/c1-23-24(19-32-37(4)28-13-11-26(21-30(28)44-32)46(40,41)34-15-17-36(2)3)9-10-25(23)20-33-38(5)29-14-12-27(22-31(29)45-33)47(42,43)35-16-18-39(6,7)8/h11-14,19-22,34-35H,9-10,15-18H2,1-8H3/q+2. The summed E-state index contributed by atoms with van der Waals surface area (Å²) < 4.78 is 60.9. The van der Waals surface area contributed by atoms with Gasteiger partial charge in [0.15, 0.2) is 0 Å². The number of allylic oxidation sites excluding steroid dienone is 4.